The van der Waals surface area contributed by atoms with Gasteiger partial charge in [-0.15, -0.1) is 0 Å². The molecule has 1 aromatic rings. The minimum atomic E-state index is -0.917. The Morgan fingerprint density at radius 1 is 1.40 bits per heavy atom. The van der Waals surface area contributed by atoms with E-state index >= 15 is 0 Å². The van der Waals surface area contributed by atoms with Gasteiger partial charge < -0.3 is 5.11 Å². The van der Waals surface area contributed by atoms with Crippen LogP contribution in [0, 0.1) is 0 Å². The van der Waals surface area contributed by atoms with Gasteiger partial charge in [0.25, 0.3) is 0 Å². The number of carboxylic acid groups (broad SMARTS) is 1. The van der Waals surface area contributed by atoms with Crippen molar-refractivity contribution < 1.29 is 9.90 Å². The van der Waals surface area contributed by atoms with Crippen molar-refractivity contribution in [2.45, 2.75) is 12.3 Å². The molecule has 0 aliphatic heterocycles. The van der Waals surface area contributed by atoms with E-state index in [-0.39, 0.29) is 6.42 Å². The molecule has 4 heteroatoms. The lowest BCUT2D eigenvalue weighted by molar-refractivity contribution is -0.138. The van der Waals surface area contributed by atoms with E-state index in [1.54, 1.807) is 24.3 Å². The summed E-state index contributed by atoms with van der Waals surface area (Å²) in [5.41, 5.74) is 0.675. The van der Waals surface area contributed by atoms with E-state index in [2.05, 4.69) is 6.58 Å². The number of hydrogen-bond acceptors (Lipinski definition) is 1. The summed E-state index contributed by atoms with van der Waals surface area (Å²) in [5, 5.41) is 9.92. The highest BCUT2D eigenvalue weighted by molar-refractivity contribution is 6.30. The van der Waals surface area contributed by atoms with Crippen LogP contribution >= 0.6 is 23.2 Å². The number of rotatable bonds is 4. The van der Waals surface area contributed by atoms with E-state index in [9.17, 15) is 4.79 Å². The Bertz CT molecular complexity index is 371. The van der Waals surface area contributed by atoms with Gasteiger partial charge in [-0.05, 0) is 24.1 Å². The number of allylic oxidation sites excluding steroid dienone is 1. The van der Waals surface area contributed by atoms with E-state index < -0.39 is 11.9 Å². The lowest BCUT2D eigenvalue weighted by Crippen LogP contribution is -2.11. The molecule has 15 heavy (non-hydrogen) atoms. The standard InChI is InChI=1S/C11H10Cl2O2/c1-7(12)6-10(11(14)15)8-2-4-9(13)5-3-8/h2-5,10H,1,6H2,(H,14,15). The Labute approximate surface area is 98.1 Å². The van der Waals surface area contributed by atoms with Crippen molar-refractivity contribution in [3.05, 3.63) is 46.5 Å². The summed E-state index contributed by atoms with van der Waals surface area (Å²) in [7, 11) is 0. The molecular formula is C11H10Cl2O2. The lowest BCUT2D eigenvalue weighted by atomic mass is 9.96. The van der Waals surface area contributed by atoms with Gasteiger partial charge in [0.15, 0.2) is 0 Å². The van der Waals surface area contributed by atoms with Gasteiger partial charge in [-0.25, -0.2) is 0 Å². The Kier molecular flexibility index (Phi) is 4.18. The van der Waals surface area contributed by atoms with Gasteiger partial charge in [-0.2, -0.15) is 0 Å². The summed E-state index contributed by atoms with van der Waals surface area (Å²) >= 11 is 11.3. The topological polar surface area (TPSA) is 37.3 Å². The second-order valence-corrected chi connectivity index (χ2v) is 4.13. The molecule has 0 heterocycles. The average Bonchev–Trinajstić information content (AvgIpc) is 2.15. The Balaban J connectivity index is 2.94. The molecule has 1 N–H and O–H groups in total. The number of carboxylic acids is 1. The van der Waals surface area contributed by atoms with Crippen LogP contribution in [0.5, 0.6) is 0 Å². The minimum absolute atomic E-state index is 0.221. The van der Waals surface area contributed by atoms with E-state index in [1.165, 1.54) is 0 Å². The van der Waals surface area contributed by atoms with Gasteiger partial charge in [0.1, 0.15) is 0 Å². The van der Waals surface area contributed by atoms with Crippen molar-refractivity contribution in [2.24, 2.45) is 0 Å². The highest BCUT2D eigenvalue weighted by atomic mass is 35.5. The second-order valence-electron chi connectivity index (χ2n) is 3.16. The zero-order valence-electron chi connectivity index (χ0n) is 7.91. The molecular weight excluding hydrogens is 235 g/mol. The van der Waals surface area contributed by atoms with Gasteiger partial charge in [0.2, 0.25) is 0 Å². The predicted octanol–water partition coefficient (Wildman–Crippen LogP) is 3.65. The van der Waals surface area contributed by atoms with Gasteiger partial charge in [0.05, 0.1) is 5.92 Å². The van der Waals surface area contributed by atoms with Crippen molar-refractivity contribution >= 4 is 29.2 Å². The zero-order valence-corrected chi connectivity index (χ0v) is 9.42. The highest BCUT2D eigenvalue weighted by Crippen LogP contribution is 2.26. The van der Waals surface area contributed by atoms with Crippen LogP contribution in [-0.2, 0) is 4.79 Å². The molecule has 80 valence electrons. The van der Waals surface area contributed by atoms with Crippen LogP contribution in [-0.4, -0.2) is 11.1 Å². The van der Waals surface area contributed by atoms with Crippen LogP contribution in [0.25, 0.3) is 0 Å². The molecule has 0 spiro atoms. The van der Waals surface area contributed by atoms with Crippen molar-refractivity contribution in [3.63, 3.8) is 0 Å². The van der Waals surface area contributed by atoms with Crippen LogP contribution in [0.15, 0.2) is 35.9 Å². The Morgan fingerprint density at radius 2 is 1.93 bits per heavy atom. The summed E-state index contributed by atoms with van der Waals surface area (Å²) in [4.78, 5) is 11.0. The Hall–Kier alpha value is -0.990. The molecule has 0 bridgehead atoms. The first-order valence-electron chi connectivity index (χ1n) is 4.32. The highest BCUT2D eigenvalue weighted by Gasteiger charge is 2.20. The maximum atomic E-state index is 11.0. The molecule has 1 aromatic carbocycles. The fraction of sp³-hybridized carbons (Fsp3) is 0.182. The molecule has 0 amide bonds. The number of benzene rings is 1. The molecule has 0 aliphatic carbocycles. The van der Waals surface area contributed by atoms with Crippen LogP contribution in [0.4, 0.5) is 0 Å². The fourth-order valence-electron chi connectivity index (χ4n) is 1.26. The van der Waals surface area contributed by atoms with Crippen LogP contribution < -0.4 is 0 Å². The van der Waals surface area contributed by atoms with Gasteiger partial charge in [-0.1, -0.05) is 41.9 Å². The minimum Gasteiger partial charge on any atom is -0.481 e. The summed E-state index contributed by atoms with van der Waals surface area (Å²) in [6.45, 7) is 3.50. The van der Waals surface area contributed by atoms with Crippen molar-refractivity contribution in [2.75, 3.05) is 0 Å². The third-order valence-electron chi connectivity index (χ3n) is 2.00. The molecule has 0 aliphatic rings. The van der Waals surface area contributed by atoms with Crippen LogP contribution in [0.2, 0.25) is 5.02 Å². The lowest BCUT2D eigenvalue weighted by Gasteiger charge is -2.11. The molecule has 1 unspecified atom stereocenters. The number of carbonyl (C=O) groups is 1. The Morgan fingerprint density at radius 3 is 2.33 bits per heavy atom. The molecule has 0 radical (unpaired) electrons. The first kappa shape index (κ1) is 12.1. The first-order valence-corrected chi connectivity index (χ1v) is 5.08. The molecule has 0 aromatic heterocycles. The summed E-state index contributed by atoms with van der Waals surface area (Å²) in [6.07, 6.45) is 0.221. The molecule has 0 saturated heterocycles. The zero-order chi connectivity index (χ0) is 11.4. The summed E-state index contributed by atoms with van der Waals surface area (Å²) < 4.78 is 0. The van der Waals surface area contributed by atoms with E-state index in [1.807, 2.05) is 0 Å². The number of hydrogen-bond donors (Lipinski definition) is 1. The molecule has 1 atom stereocenters. The van der Waals surface area contributed by atoms with E-state index in [0.717, 1.165) is 0 Å². The first-order chi connectivity index (χ1) is 7.00. The number of halogens is 2. The van der Waals surface area contributed by atoms with Crippen LogP contribution in [0.3, 0.4) is 0 Å². The van der Waals surface area contributed by atoms with Gasteiger partial charge in [-0.3, -0.25) is 4.79 Å². The van der Waals surface area contributed by atoms with Gasteiger partial charge >= 0.3 is 5.97 Å². The smallest absolute Gasteiger partial charge is 0.311 e. The van der Waals surface area contributed by atoms with Gasteiger partial charge in [0, 0.05) is 10.1 Å². The third kappa shape index (κ3) is 3.57. The molecule has 1 rings (SSSR count). The summed E-state index contributed by atoms with van der Waals surface area (Å²) in [5.74, 6) is -1.58. The van der Waals surface area contributed by atoms with Crippen LogP contribution in [0.1, 0.15) is 17.9 Å². The monoisotopic (exact) mass is 244 g/mol. The molecule has 2 nitrogen and oxygen atoms in total. The quantitative estimate of drug-likeness (QED) is 0.878. The maximum Gasteiger partial charge on any atom is 0.311 e. The second kappa shape index (κ2) is 5.19. The SMILES string of the molecule is C=C(Cl)CC(C(=O)O)c1ccc(Cl)cc1. The average molecular weight is 245 g/mol. The fourth-order valence-corrected chi connectivity index (χ4v) is 1.54. The third-order valence-corrected chi connectivity index (χ3v) is 2.40. The molecule has 0 saturated carbocycles. The largest absolute Gasteiger partial charge is 0.481 e. The maximum absolute atomic E-state index is 11.0. The van der Waals surface area contributed by atoms with Crippen molar-refractivity contribution in [1.82, 2.24) is 0 Å². The normalized spacial score (nSPS) is 12.1. The van der Waals surface area contributed by atoms with Crippen molar-refractivity contribution in [1.29, 1.82) is 0 Å². The van der Waals surface area contributed by atoms with Crippen molar-refractivity contribution in [3.8, 4) is 0 Å². The summed E-state index contributed by atoms with van der Waals surface area (Å²) in [6, 6.07) is 6.68. The van der Waals surface area contributed by atoms with E-state index in [0.29, 0.717) is 15.6 Å². The molecule has 0 fully saturated rings. The number of aliphatic carboxylic acids is 1. The van der Waals surface area contributed by atoms with E-state index in [4.69, 9.17) is 28.3 Å². The predicted molar refractivity (Wildman–Crippen MR) is 61.4 cm³/mol.